The maximum absolute atomic E-state index is 12.2. The van der Waals surface area contributed by atoms with E-state index in [-0.39, 0.29) is 11.9 Å². The molecule has 24 heavy (non-hydrogen) atoms. The summed E-state index contributed by atoms with van der Waals surface area (Å²) in [5.74, 6) is 0.660. The summed E-state index contributed by atoms with van der Waals surface area (Å²) in [5, 5.41) is 6.24. The van der Waals surface area contributed by atoms with Crippen molar-refractivity contribution in [1.82, 2.24) is 10.3 Å². The Morgan fingerprint density at radius 1 is 1.38 bits per heavy atom. The molecule has 1 aromatic heterocycles. The van der Waals surface area contributed by atoms with Crippen LogP contribution in [0.4, 0.5) is 5.69 Å². The molecule has 5 nitrogen and oxygen atoms in total. The van der Waals surface area contributed by atoms with E-state index in [1.165, 1.54) is 31.3 Å². The number of nitrogens with one attached hydrogen (secondary N) is 2. The van der Waals surface area contributed by atoms with Crippen LogP contribution in [0.15, 0.2) is 34.3 Å². The van der Waals surface area contributed by atoms with Crippen LogP contribution in [-0.4, -0.2) is 23.5 Å². The largest absolute Gasteiger partial charge is 0.441 e. The van der Waals surface area contributed by atoms with Crippen molar-refractivity contribution < 1.29 is 9.21 Å². The number of aryl methyl sites for hydroxylation is 1. The molecule has 0 saturated heterocycles. The normalized spacial score (nSPS) is 15.8. The summed E-state index contributed by atoms with van der Waals surface area (Å²) in [6.45, 7) is 4.40. The topological polar surface area (TPSA) is 67.2 Å². The van der Waals surface area contributed by atoms with E-state index < -0.39 is 0 Å². The molecule has 128 valence electrons. The van der Waals surface area contributed by atoms with Gasteiger partial charge < -0.3 is 15.1 Å². The van der Waals surface area contributed by atoms with Crippen LogP contribution in [0.3, 0.4) is 0 Å². The highest BCUT2D eigenvalue weighted by atomic mass is 16.3. The van der Waals surface area contributed by atoms with Gasteiger partial charge in [0, 0.05) is 19.2 Å². The van der Waals surface area contributed by atoms with Crippen LogP contribution in [-0.2, 0) is 4.79 Å². The lowest BCUT2D eigenvalue weighted by Crippen LogP contribution is -2.38. The molecule has 2 N–H and O–H groups in total. The van der Waals surface area contributed by atoms with Gasteiger partial charge in [-0.25, -0.2) is 4.98 Å². The van der Waals surface area contributed by atoms with Gasteiger partial charge in [-0.1, -0.05) is 11.6 Å². The van der Waals surface area contributed by atoms with Gasteiger partial charge in [-0.3, -0.25) is 4.79 Å². The van der Waals surface area contributed by atoms with Gasteiger partial charge in [0.15, 0.2) is 11.5 Å². The van der Waals surface area contributed by atoms with E-state index in [0.717, 1.165) is 23.2 Å². The number of rotatable bonds is 6. The lowest BCUT2D eigenvalue weighted by molar-refractivity contribution is -0.121. The second kappa shape index (κ2) is 7.51. The van der Waals surface area contributed by atoms with Crippen LogP contribution >= 0.6 is 0 Å². The first kappa shape index (κ1) is 16.6. The van der Waals surface area contributed by atoms with Crippen molar-refractivity contribution >= 4 is 22.7 Å². The highest BCUT2D eigenvalue weighted by Crippen LogP contribution is 2.21. The van der Waals surface area contributed by atoms with Gasteiger partial charge in [-0.15, -0.1) is 0 Å². The first-order valence-corrected chi connectivity index (χ1v) is 8.71. The van der Waals surface area contributed by atoms with Crippen molar-refractivity contribution in [2.45, 2.75) is 52.0 Å². The summed E-state index contributed by atoms with van der Waals surface area (Å²) in [7, 11) is 0. The summed E-state index contributed by atoms with van der Waals surface area (Å²) in [6.07, 6.45) is 8.23. The van der Waals surface area contributed by atoms with Crippen molar-refractivity contribution in [2.75, 3.05) is 11.9 Å². The van der Waals surface area contributed by atoms with E-state index in [2.05, 4.69) is 21.7 Å². The Balaban J connectivity index is 1.50. The molecular weight excluding hydrogens is 302 g/mol. The third-order valence-electron chi connectivity index (χ3n) is 4.40. The molecule has 3 rings (SSSR count). The number of allylic oxidation sites excluding steroid dienone is 1. The molecule has 2 aromatic rings. The molecule has 0 saturated carbocycles. The number of amides is 1. The maximum Gasteiger partial charge on any atom is 0.242 e. The number of fused-ring (bicyclic) bond motifs is 1. The first-order chi connectivity index (χ1) is 11.6. The van der Waals surface area contributed by atoms with Crippen LogP contribution in [0.1, 0.15) is 44.9 Å². The summed E-state index contributed by atoms with van der Waals surface area (Å²) in [4.78, 5) is 16.5. The standard InChI is InChI=1S/C19H25N3O2/c1-13(19(23)20-11-10-15-6-4-3-5-7-15)21-16-8-9-18-17(12-16)22-14(2)24-18/h6,8-9,12-13,21H,3-5,7,10-11H2,1-2H3,(H,20,23). The van der Waals surface area contributed by atoms with Crippen molar-refractivity contribution in [3.63, 3.8) is 0 Å². The van der Waals surface area contributed by atoms with Crippen LogP contribution in [0.25, 0.3) is 11.1 Å². The lowest BCUT2D eigenvalue weighted by atomic mass is 9.97. The lowest BCUT2D eigenvalue weighted by Gasteiger charge is -2.16. The number of anilines is 1. The van der Waals surface area contributed by atoms with Gasteiger partial charge >= 0.3 is 0 Å². The molecule has 0 fully saturated rings. The van der Waals surface area contributed by atoms with E-state index in [4.69, 9.17) is 4.42 Å². The minimum atomic E-state index is -0.296. The molecule has 0 radical (unpaired) electrons. The number of benzene rings is 1. The highest BCUT2D eigenvalue weighted by molar-refractivity contribution is 5.85. The van der Waals surface area contributed by atoms with Crippen LogP contribution in [0.5, 0.6) is 0 Å². The van der Waals surface area contributed by atoms with Gasteiger partial charge in [-0.05, 0) is 57.2 Å². The third-order valence-corrected chi connectivity index (χ3v) is 4.40. The third kappa shape index (κ3) is 4.16. The van der Waals surface area contributed by atoms with Gasteiger partial charge in [0.2, 0.25) is 5.91 Å². The molecule has 1 heterocycles. The molecule has 1 atom stereocenters. The zero-order chi connectivity index (χ0) is 16.9. The predicted molar refractivity (Wildman–Crippen MR) is 96.0 cm³/mol. The molecule has 1 aliphatic rings. The molecular formula is C19H25N3O2. The Kier molecular flexibility index (Phi) is 5.18. The number of aromatic nitrogens is 1. The Morgan fingerprint density at radius 2 is 2.25 bits per heavy atom. The minimum absolute atomic E-state index is 0.0165. The van der Waals surface area contributed by atoms with Crippen molar-refractivity contribution in [1.29, 1.82) is 0 Å². The van der Waals surface area contributed by atoms with Crippen LogP contribution in [0, 0.1) is 6.92 Å². The molecule has 1 aliphatic carbocycles. The number of carbonyl (C=O) groups excluding carboxylic acids is 1. The summed E-state index contributed by atoms with van der Waals surface area (Å²) in [5.41, 5.74) is 3.91. The average molecular weight is 327 g/mol. The molecule has 1 amide bonds. The van der Waals surface area contributed by atoms with Crippen molar-refractivity contribution in [3.05, 3.63) is 35.7 Å². The summed E-state index contributed by atoms with van der Waals surface area (Å²) >= 11 is 0. The number of hydrogen-bond donors (Lipinski definition) is 2. The van der Waals surface area contributed by atoms with E-state index in [0.29, 0.717) is 12.4 Å². The maximum atomic E-state index is 12.2. The zero-order valence-electron chi connectivity index (χ0n) is 14.4. The first-order valence-electron chi connectivity index (χ1n) is 8.71. The predicted octanol–water partition coefficient (Wildman–Crippen LogP) is 3.94. The number of hydrogen-bond acceptors (Lipinski definition) is 4. The van der Waals surface area contributed by atoms with Gasteiger partial charge in [-0.2, -0.15) is 0 Å². The van der Waals surface area contributed by atoms with E-state index in [1.54, 1.807) is 0 Å². The Bertz CT molecular complexity index is 748. The van der Waals surface area contributed by atoms with Crippen LogP contribution < -0.4 is 10.6 Å². The quantitative estimate of drug-likeness (QED) is 0.789. The average Bonchev–Trinajstić information content (AvgIpc) is 2.95. The second-order valence-electron chi connectivity index (χ2n) is 6.43. The molecule has 5 heteroatoms. The molecule has 1 aromatic carbocycles. The molecule has 0 bridgehead atoms. The van der Waals surface area contributed by atoms with Gasteiger partial charge in [0.25, 0.3) is 0 Å². The Hall–Kier alpha value is -2.30. The highest BCUT2D eigenvalue weighted by Gasteiger charge is 2.13. The Labute approximate surface area is 142 Å². The summed E-state index contributed by atoms with van der Waals surface area (Å²) < 4.78 is 5.46. The van der Waals surface area contributed by atoms with E-state index in [9.17, 15) is 4.79 Å². The van der Waals surface area contributed by atoms with E-state index >= 15 is 0 Å². The molecule has 0 spiro atoms. The Morgan fingerprint density at radius 3 is 3.04 bits per heavy atom. The fraction of sp³-hybridized carbons (Fsp3) is 0.474. The van der Waals surface area contributed by atoms with Crippen molar-refractivity contribution in [2.24, 2.45) is 0 Å². The molecule has 0 aliphatic heterocycles. The second-order valence-corrected chi connectivity index (χ2v) is 6.43. The monoisotopic (exact) mass is 327 g/mol. The number of oxazole rings is 1. The fourth-order valence-electron chi connectivity index (χ4n) is 3.08. The fourth-order valence-corrected chi connectivity index (χ4v) is 3.08. The molecule has 1 unspecified atom stereocenters. The van der Waals surface area contributed by atoms with Crippen molar-refractivity contribution in [3.8, 4) is 0 Å². The van der Waals surface area contributed by atoms with Gasteiger partial charge in [0.05, 0.1) is 0 Å². The zero-order valence-corrected chi connectivity index (χ0v) is 14.4. The van der Waals surface area contributed by atoms with E-state index in [1.807, 2.05) is 32.0 Å². The van der Waals surface area contributed by atoms with Gasteiger partial charge in [0.1, 0.15) is 11.6 Å². The smallest absolute Gasteiger partial charge is 0.242 e. The number of carbonyl (C=O) groups is 1. The van der Waals surface area contributed by atoms with Crippen LogP contribution in [0.2, 0.25) is 0 Å². The minimum Gasteiger partial charge on any atom is -0.441 e. The summed E-state index contributed by atoms with van der Waals surface area (Å²) in [6, 6.07) is 5.39. The number of nitrogens with zero attached hydrogens (tertiary/aromatic N) is 1. The SMILES string of the molecule is Cc1nc2cc(NC(C)C(=O)NCCC3=CCCCC3)ccc2o1.